The first-order chi connectivity index (χ1) is 9.65. The van der Waals surface area contributed by atoms with Crippen LogP contribution in [0.2, 0.25) is 0 Å². The minimum Gasteiger partial charge on any atom is -0.358 e. The fourth-order valence-corrected chi connectivity index (χ4v) is 2.83. The molecular weight excluding hydrogens is 286 g/mol. The zero-order valence-corrected chi connectivity index (χ0v) is 13.3. The number of amides is 1. The molecule has 3 N–H and O–H groups in total. The Morgan fingerprint density at radius 3 is 2.90 bits per heavy atom. The lowest BCUT2D eigenvalue weighted by Gasteiger charge is -2.10. The predicted octanol–water partition coefficient (Wildman–Crippen LogP) is 2.43. The maximum atomic E-state index is 12.0. The molecule has 114 valence electrons. The van der Waals surface area contributed by atoms with Crippen molar-refractivity contribution in [1.29, 1.82) is 0 Å². The number of carbonyl (C=O) groups is 1. The molecule has 1 aromatic heterocycles. The van der Waals surface area contributed by atoms with E-state index in [1.165, 1.54) is 16.6 Å². The van der Waals surface area contributed by atoms with Gasteiger partial charge in [0.25, 0.3) is 0 Å². The largest absolute Gasteiger partial charge is 0.358 e. The topological polar surface area (TPSA) is 56.9 Å². The first kappa shape index (κ1) is 15.9. The smallest absolute Gasteiger partial charge is 0.224 e. The van der Waals surface area contributed by atoms with Gasteiger partial charge in [-0.15, -0.1) is 12.4 Å². The first-order valence-electron chi connectivity index (χ1n) is 7.21. The van der Waals surface area contributed by atoms with Crippen molar-refractivity contribution in [3.05, 3.63) is 35.0 Å². The van der Waals surface area contributed by atoms with E-state index in [2.05, 4.69) is 47.7 Å². The van der Waals surface area contributed by atoms with Gasteiger partial charge in [-0.2, -0.15) is 0 Å². The third-order valence-electron chi connectivity index (χ3n) is 4.27. The lowest BCUT2D eigenvalue weighted by Crippen LogP contribution is -2.31. The average molecular weight is 308 g/mol. The van der Waals surface area contributed by atoms with Crippen molar-refractivity contribution in [2.45, 2.75) is 26.8 Å². The van der Waals surface area contributed by atoms with Crippen molar-refractivity contribution in [1.82, 2.24) is 15.6 Å². The molecule has 5 heteroatoms. The van der Waals surface area contributed by atoms with Gasteiger partial charge in [-0.25, -0.2) is 0 Å². The van der Waals surface area contributed by atoms with E-state index in [1.54, 1.807) is 0 Å². The molecule has 0 spiro atoms. The number of aromatic amines is 1. The van der Waals surface area contributed by atoms with Crippen molar-refractivity contribution in [2.75, 3.05) is 13.1 Å². The molecule has 0 saturated carbocycles. The highest BCUT2D eigenvalue weighted by atomic mass is 35.5. The Morgan fingerprint density at radius 1 is 1.38 bits per heavy atom. The molecule has 2 aromatic rings. The second kappa shape index (κ2) is 6.50. The van der Waals surface area contributed by atoms with Crippen LogP contribution < -0.4 is 10.6 Å². The van der Waals surface area contributed by atoms with Crippen LogP contribution in [-0.4, -0.2) is 24.0 Å². The summed E-state index contributed by atoms with van der Waals surface area (Å²) >= 11 is 0. The van der Waals surface area contributed by atoms with Gasteiger partial charge in [0, 0.05) is 29.7 Å². The molecule has 1 saturated heterocycles. The van der Waals surface area contributed by atoms with Crippen molar-refractivity contribution in [3.8, 4) is 0 Å². The van der Waals surface area contributed by atoms with Gasteiger partial charge in [0.2, 0.25) is 5.91 Å². The lowest BCUT2D eigenvalue weighted by molar-refractivity contribution is -0.124. The fourth-order valence-electron chi connectivity index (χ4n) is 2.83. The number of aryl methyl sites for hydroxylation is 2. The minimum atomic E-state index is 0. The number of fused-ring (bicyclic) bond motifs is 1. The summed E-state index contributed by atoms with van der Waals surface area (Å²) in [6.45, 7) is 6.58. The van der Waals surface area contributed by atoms with Gasteiger partial charge in [0.15, 0.2) is 0 Å². The summed E-state index contributed by atoms with van der Waals surface area (Å²) in [7, 11) is 0. The van der Waals surface area contributed by atoms with E-state index in [-0.39, 0.29) is 24.2 Å². The molecule has 1 fully saturated rings. The van der Waals surface area contributed by atoms with Gasteiger partial charge >= 0.3 is 0 Å². The molecular formula is C16H22ClN3O. The molecule has 1 aliphatic heterocycles. The Bertz CT molecular complexity index is 644. The Kier molecular flexibility index (Phi) is 4.91. The molecule has 4 nitrogen and oxygen atoms in total. The number of H-pyrrole nitrogens is 1. The van der Waals surface area contributed by atoms with Gasteiger partial charge < -0.3 is 15.6 Å². The Labute approximate surface area is 131 Å². The number of aromatic nitrogens is 1. The van der Waals surface area contributed by atoms with Crippen molar-refractivity contribution in [3.63, 3.8) is 0 Å². The van der Waals surface area contributed by atoms with Crippen LogP contribution in [0.4, 0.5) is 0 Å². The highest BCUT2D eigenvalue weighted by molar-refractivity contribution is 5.85. The third-order valence-corrected chi connectivity index (χ3v) is 4.27. The quantitative estimate of drug-likeness (QED) is 0.816. The third kappa shape index (κ3) is 3.22. The van der Waals surface area contributed by atoms with Crippen LogP contribution in [0.15, 0.2) is 18.2 Å². The number of hydrogen-bond acceptors (Lipinski definition) is 2. The Balaban J connectivity index is 0.00000161. The van der Waals surface area contributed by atoms with E-state index >= 15 is 0 Å². The first-order valence-corrected chi connectivity index (χ1v) is 7.21. The molecule has 0 aliphatic carbocycles. The zero-order valence-electron chi connectivity index (χ0n) is 12.5. The molecule has 1 amide bonds. The Morgan fingerprint density at radius 2 is 2.19 bits per heavy atom. The van der Waals surface area contributed by atoms with E-state index in [0.29, 0.717) is 6.54 Å². The molecule has 1 aromatic carbocycles. The summed E-state index contributed by atoms with van der Waals surface area (Å²) in [4.78, 5) is 15.4. The number of nitrogens with one attached hydrogen (secondary N) is 3. The van der Waals surface area contributed by atoms with E-state index in [9.17, 15) is 4.79 Å². The van der Waals surface area contributed by atoms with Crippen LogP contribution in [0.25, 0.3) is 10.9 Å². The van der Waals surface area contributed by atoms with Crippen molar-refractivity contribution in [2.24, 2.45) is 5.92 Å². The summed E-state index contributed by atoms with van der Waals surface area (Å²) in [5.74, 6) is 0.298. The molecule has 21 heavy (non-hydrogen) atoms. The maximum absolute atomic E-state index is 12.0. The summed E-state index contributed by atoms with van der Waals surface area (Å²) in [5, 5.41) is 7.51. The van der Waals surface area contributed by atoms with E-state index in [1.807, 2.05) is 0 Å². The molecule has 2 heterocycles. The highest BCUT2D eigenvalue weighted by Crippen LogP contribution is 2.22. The molecule has 0 radical (unpaired) electrons. The molecule has 1 aliphatic rings. The zero-order chi connectivity index (χ0) is 14.1. The summed E-state index contributed by atoms with van der Waals surface area (Å²) < 4.78 is 0. The second-order valence-corrected chi connectivity index (χ2v) is 5.66. The summed E-state index contributed by atoms with van der Waals surface area (Å²) in [6.07, 6.45) is 0.945. The van der Waals surface area contributed by atoms with Crippen molar-refractivity contribution >= 4 is 29.2 Å². The number of hydrogen-bond donors (Lipinski definition) is 3. The Hall–Kier alpha value is -1.52. The molecule has 1 atom stereocenters. The van der Waals surface area contributed by atoms with Crippen molar-refractivity contribution < 1.29 is 4.79 Å². The molecule has 3 rings (SSSR count). The van der Waals surface area contributed by atoms with Crippen LogP contribution in [0.1, 0.15) is 23.2 Å². The highest BCUT2D eigenvalue weighted by Gasteiger charge is 2.21. The maximum Gasteiger partial charge on any atom is 0.224 e. The molecule has 1 unspecified atom stereocenters. The number of benzene rings is 1. The second-order valence-electron chi connectivity index (χ2n) is 5.66. The van der Waals surface area contributed by atoms with Crippen LogP contribution >= 0.6 is 12.4 Å². The number of carbonyl (C=O) groups excluding carboxylic acids is 1. The van der Waals surface area contributed by atoms with Gasteiger partial charge in [-0.3, -0.25) is 4.79 Å². The predicted molar refractivity (Wildman–Crippen MR) is 87.8 cm³/mol. The monoisotopic (exact) mass is 307 g/mol. The number of halogens is 1. The van der Waals surface area contributed by atoms with Crippen LogP contribution in [0.3, 0.4) is 0 Å². The standard InChI is InChI=1S/C16H21N3O.ClH/c1-10-11(2)19-15-4-3-12(7-14(10)15)8-18-16(20)13-5-6-17-9-13;/h3-4,7,13,17,19H,5-6,8-9H2,1-2H3,(H,18,20);1H. The lowest BCUT2D eigenvalue weighted by atomic mass is 10.1. The van der Waals surface area contributed by atoms with Gasteiger partial charge in [-0.1, -0.05) is 6.07 Å². The summed E-state index contributed by atoms with van der Waals surface area (Å²) in [6, 6.07) is 6.33. The van der Waals surface area contributed by atoms with E-state index in [4.69, 9.17) is 0 Å². The number of rotatable bonds is 3. The van der Waals surface area contributed by atoms with Gasteiger partial charge in [0.1, 0.15) is 0 Å². The van der Waals surface area contributed by atoms with E-state index in [0.717, 1.165) is 30.6 Å². The van der Waals surface area contributed by atoms with E-state index < -0.39 is 0 Å². The molecule has 0 bridgehead atoms. The summed E-state index contributed by atoms with van der Waals surface area (Å²) in [5.41, 5.74) is 4.81. The van der Waals surface area contributed by atoms with Gasteiger partial charge in [0.05, 0.1) is 5.92 Å². The normalized spacial score (nSPS) is 17.7. The van der Waals surface area contributed by atoms with Crippen LogP contribution in [0, 0.1) is 19.8 Å². The van der Waals surface area contributed by atoms with Crippen LogP contribution in [-0.2, 0) is 11.3 Å². The minimum absolute atomic E-state index is 0. The van der Waals surface area contributed by atoms with Gasteiger partial charge in [-0.05, 0) is 50.1 Å². The average Bonchev–Trinajstić information content (AvgIpc) is 3.07. The SMILES string of the molecule is Cc1[nH]c2ccc(CNC(=O)C3CCNC3)cc2c1C.Cl. The fraction of sp³-hybridized carbons (Fsp3) is 0.438. The van der Waals surface area contributed by atoms with Crippen LogP contribution in [0.5, 0.6) is 0 Å².